The number of carbonyl (C=O) groups is 1. The lowest BCUT2D eigenvalue weighted by atomic mass is 9.77. The van der Waals surface area contributed by atoms with Crippen molar-refractivity contribution in [1.82, 2.24) is 4.90 Å². The fourth-order valence-electron chi connectivity index (χ4n) is 2.87. The van der Waals surface area contributed by atoms with Gasteiger partial charge in [-0.1, -0.05) is 20.3 Å². The van der Waals surface area contributed by atoms with Crippen LogP contribution in [0.5, 0.6) is 0 Å². The molecular weight excluding hydrogens is 228 g/mol. The predicted octanol–water partition coefficient (Wildman–Crippen LogP) is 1.39. The molecule has 4 heteroatoms. The van der Waals surface area contributed by atoms with Crippen molar-refractivity contribution in [3.8, 4) is 0 Å². The number of likely N-dealkylation sites (tertiary alicyclic amines) is 1. The Hall–Kier alpha value is -0.610. The highest BCUT2D eigenvalue weighted by Crippen LogP contribution is 2.36. The number of carbonyl (C=O) groups excluding carboxylic acids is 1. The van der Waals surface area contributed by atoms with E-state index < -0.39 is 5.41 Å². The molecule has 2 fully saturated rings. The summed E-state index contributed by atoms with van der Waals surface area (Å²) in [4.78, 5) is 14.6. The van der Waals surface area contributed by atoms with Crippen LogP contribution in [0.15, 0.2) is 0 Å². The van der Waals surface area contributed by atoms with Crippen molar-refractivity contribution in [2.24, 2.45) is 16.6 Å². The van der Waals surface area contributed by atoms with Crippen molar-refractivity contribution in [1.29, 1.82) is 0 Å². The first-order valence-corrected chi connectivity index (χ1v) is 7.04. The molecule has 104 valence electrons. The molecule has 2 aliphatic rings. The standard InChI is InChI=1S/C14H26N2O2/c1-4-13(2)5-7-16(8-6-13)12(17)14(3)10-18-9-11(14)15/h11H,4-10,15H2,1-3H3. The van der Waals surface area contributed by atoms with Gasteiger partial charge in [-0.3, -0.25) is 4.79 Å². The first kappa shape index (κ1) is 13.8. The van der Waals surface area contributed by atoms with E-state index in [2.05, 4.69) is 13.8 Å². The first-order chi connectivity index (χ1) is 8.41. The van der Waals surface area contributed by atoms with Gasteiger partial charge in [0.2, 0.25) is 5.91 Å². The Morgan fingerprint density at radius 3 is 2.44 bits per heavy atom. The monoisotopic (exact) mass is 254 g/mol. The van der Waals surface area contributed by atoms with Gasteiger partial charge in [0.1, 0.15) is 0 Å². The van der Waals surface area contributed by atoms with Gasteiger partial charge in [-0.25, -0.2) is 0 Å². The maximum Gasteiger partial charge on any atom is 0.232 e. The molecule has 2 N–H and O–H groups in total. The van der Waals surface area contributed by atoms with Gasteiger partial charge in [-0.15, -0.1) is 0 Å². The zero-order valence-corrected chi connectivity index (χ0v) is 11.9. The number of nitrogens with two attached hydrogens (primary N) is 1. The van der Waals surface area contributed by atoms with Crippen LogP contribution in [0.4, 0.5) is 0 Å². The molecule has 0 radical (unpaired) electrons. The first-order valence-electron chi connectivity index (χ1n) is 7.04. The molecule has 2 saturated heterocycles. The summed E-state index contributed by atoms with van der Waals surface area (Å²) in [5.41, 5.74) is 5.92. The minimum atomic E-state index is -0.514. The Bertz CT molecular complexity index is 324. The van der Waals surface area contributed by atoms with Gasteiger partial charge in [0.05, 0.1) is 18.6 Å². The van der Waals surface area contributed by atoms with E-state index in [-0.39, 0.29) is 11.9 Å². The van der Waals surface area contributed by atoms with Crippen LogP contribution in [0.25, 0.3) is 0 Å². The van der Waals surface area contributed by atoms with E-state index in [9.17, 15) is 4.79 Å². The van der Waals surface area contributed by atoms with Gasteiger partial charge in [0.15, 0.2) is 0 Å². The van der Waals surface area contributed by atoms with E-state index in [1.165, 1.54) is 6.42 Å². The number of rotatable bonds is 2. The van der Waals surface area contributed by atoms with Gasteiger partial charge >= 0.3 is 0 Å². The van der Waals surface area contributed by atoms with Crippen LogP contribution in [-0.4, -0.2) is 43.2 Å². The second-order valence-corrected chi connectivity index (χ2v) is 6.50. The number of piperidine rings is 1. The molecule has 0 bridgehead atoms. The molecule has 2 atom stereocenters. The molecule has 0 aromatic carbocycles. The average molecular weight is 254 g/mol. The summed E-state index contributed by atoms with van der Waals surface area (Å²) in [6.07, 6.45) is 3.39. The predicted molar refractivity (Wildman–Crippen MR) is 71.1 cm³/mol. The Morgan fingerprint density at radius 2 is 2.00 bits per heavy atom. The Labute approximate surface area is 110 Å². The molecule has 2 rings (SSSR count). The smallest absolute Gasteiger partial charge is 0.232 e. The topological polar surface area (TPSA) is 55.6 Å². The Kier molecular flexibility index (Phi) is 3.70. The van der Waals surface area contributed by atoms with Crippen LogP contribution < -0.4 is 5.73 Å². The molecule has 18 heavy (non-hydrogen) atoms. The number of ether oxygens (including phenoxy) is 1. The highest BCUT2D eigenvalue weighted by molar-refractivity contribution is 5.83. The highest BCUT2D eigenvalue weighted by Gasteiger charge is 2.47. The number of amides is 1. The summed E-state index contributed by atoms with van der Waals surface area (Å²) in [5.74, 6) is 0.186. The zero-order chi connectivity index (χ0) is 13.4. The minimum Gasteiger partial charge on any atom is -0.379 e. The molecule has 1 amide bonds. The molecular formula is C14H26N2O2. The molecule has 0 aromatic rings. The summed E-state index contributed by atoms with van der Waals surface area (Å²) in [6.45, 7) is 9.20. The van der Waals surface area contributed by atoms with Crippen molar-refractivity contribution < 1.29 is 9.53 Å². The third-order valence-electron chi connectivity index (χ3n) is 5.12. The highest BCUT2D eigenvalue weighted by atomic mass is 16.5. The van der Waals surface area contributed by atoms with Crippen LogP contribution in [0.3, 0.4) is 0 Å². The van der Waals surface area contributed by atoms with Crippen molar-refractivity contribution in [2.75, 3.05) is 26.3 Å². The van der Waals surface area contributed by atoms with Crippen LogP contribution in [-0.2, 0) is 9.53 Å². The van der Waals surface area contributed by atoms with E-state index in [0.717, 1.165) is 25.9 Å². The van der Waals surface area contributed by atoms with E-state index in [1.54, 1.807) is 0 Å². The zero-order valence-electron chi connectivity index (χ0n) is 11.9. The quantitative estimate of drug-likeness (QED) is 0.810. The summed E-state index contributed by atoms with van der Waals surface area (Å²) in [5, 5.41) is 0. The summed E-state index contributed by atoms with van der Waals surface area (Å²) in [7, 11) is 0. The van der Waals surface area contributed by atoms with Crippen LogP contribution >= 0.6 is 0 Å². The second-order valence-electron chi connectivity index (χ2n) is 6.50. The van der Waals surface area contributed by atoms with Gasteiger partial charge in [-0.05, 0) is 25.2 Å². The second kappa shape index (κ2) is 4.82. The largest absolute Gasteiger partial charge is 0.379 e. The maximum atomic E-state index is 12.6. The molecule has 2 unspecified atom stereocenters. The molecule has 0 aromatic heterocycles. The molecule has 2 heterocycles. The van der Waals surface area contributed by atoms with Gasteiger partial charge in [0.25, 0.3) is 0 Å². The Morgan fingerprint density at radius 1 is 1.39 bits per heavy atom. The SMILES string of the molecule is CCC1(C)CCN(C(=O)C2(C)COCC2N)CC1. The minimum absolute atomic E-state index is 0.163. The van der Waals surface area contributed by atoms with Crippen LogP contribution in [0, 0.1) is 10.8 Å². The third-order valence-corrected chi connectivity index (χ3v) is 5.12. The number of hydrogen-bond acceptors (Lipinski definition) is 3. The maximum absolute atomic E-state index is 12.6. The lowest BCUT2D eigenvalue weighted by molar-refractivity contribution is -0.144. The summed E-state index contributed by atoms with van der Waals surface area (Å²) in [6, 6.07) is -0.163. The lowest BCUT2D eigenvalue weighted by Crippen LogP contribution is -2.54. The summed E-state index contributed by atoms with van der Waals surface area (Å²) >= 11 is 0. The van der Waals surface area contributed by atoms with E-state index in [1.807, 2.05) is 11.8 Å². The van der Waals surface area contributed by atoms with Gasteiger partial charge < -0.3 is 15.4 Å². The van der Waals surface area contributed by atoms with Crippen molar-refractivity contribution in [3.63, 3.8) is 0 Å². The fourth-order valence-corrected chi connectivity index (χ4v) is 2.87. The number of nitrogens with zero attached hydrogens (tertiary/aromatic N) is 1. The lowest BCUT2D eigenvalue weighted by Gasteiger charge is -2.42. The van der Waals surface area contributed by atoms with E-state index in [0.29, 0.717) is 18.6 Å². The normalized spacial score (nSPS) is 35.8. The fraction of sp³-hybridized carbons (Fsp3) is 0.929. The third kappa shape index (κ3) is 2.28. The molecule has 0 spiro atoms. The molecule has 0 saturated carbocycles. The summed E-state index contributed by atoms with van der Waals surface area (Å²) < 4.78 is 5.37. The molecule has 2 aliphatic heterocycles. The Balaban J connectivity index is 2.00. The van der Waals surface area contributed by atoms with Crippen LogP contribution in [0.1, 0.15) is 40.0 Å². The van der Waals surface area contributed by atoms with Crippen molar-refractivity contribution in [2.45, 2.75) is 46.1 Å². The van der Waals surface area contributed by atoms with Crippen molar-refractivity contribution >= 4 is 5.91 Å². The van der Waals surface area contributed by atoms with Gasteiger partial charge in [0, 0.05) is 19.1 Å². The molecule has 4 nitrogen and oxygen atoms in total. The van der Waals surface area contributed by atoms with Crippen LogP contribution in [0.2, 0.25) is 0 Å². The number of hydrogen-bond donors (Lipinski definition) is 1. The van der Waals surface area contributed by atoms with Gasteiger partial charge in [-0.2, -0.15) is 0 Å². The van der Waals surface area contributed by atoms with E-state index >= 15 is 0 Å². The average Bonchev–Trinajstić information content (AvgIpc) is 2.71. The molecule has 0 aliphatic carbocycles. The van der Waals surface area contributed by atoms with E-state index in [4.69, 9.17) is 10.5 Å². The van der Waals surface area contributed by atoms with Crippen molar-refractivity contribution in [3.05, 3.63) is 0 Å².